The molecule has 0 saturated heterocycles. The molecule has 1 heterocycles. The largest absolute Gasteiger partial charge is 0.493 e. The molecule has 1 N–H and O–H groups in total. The van der Waals surface area contributed by atoms with Crippen molar-refractivity contribution in [3.05, 3.63) is 29.8 Å². The zero-order valence-corrected chi connectivity index (χ0v) is 10.4. The molecular formula is C14H21NO. The highest BCUT2D eigenvalue weighted by molar-refractivity contribution is 5.40. The second-order valence-corrected chi connectivity index (χ2v) is 4.78. The maximum Gasteiger partial charge on any atom is 0.122 e. The minimum Gasteiger partial charge on any atom is -0.493 e. The molecule has 0 amide bonds. The van der Waals surface area contributed by atoms with Gasteiger partial charge in [-0.2, -0.15) is 0 Å². The Morgan fingerprint density at radius 3 is 2.81 bits per heavy atom. The molecule has 1 aromatic carbocycles. The first kappa shape index (κ1) is 11.5. The number of likely N-dealkylation sites (N-methyl/N-ethyl adjacent to an activating group) is 1. The summed E-state index contributed by atoms with van der Waals surface area (Å²) in [5.41, 5.74) is 1.36. The van der Waals surface area contributed by atoms with Gasteiger partial charge in [0, 0.05) is 17.5 Å². The molecule has 88 valence electrons. The highest BCUT2D eigenvalue weighted by Gasteiger charge is 2.32. The van der Waals surface area contributed by atoms with Crippen LogP contribution in [0.1, 0.15) is 32.3 Å². The van der Waals surface area contributed by atoms with Gasteiger partial charge >= 0.3 is 0 Å². The van der Waals surface area contributed by atoms with E-state index in [0.29, 0.717) is 17.9 Å². The molecule has 2 heteroatoms. The maximum absolute atomic E-state index is 5.75. The van der Waals surface area contributed by atoms with E-state index in [2.05, 4.69) is 44.3 Å². The summed E-state index contributed by atoms with van der Waals surface area (Å²) in [6, 6.07) is 8.91. The summed E-state index contributed by atoms with van der Waals surface area (Å²) in [6.45, 7) is 8.54. The Kier molecular flexibility index (Phi) is 3.49. The quantitative estimate of drug-likeness (QED) is 0.840. The fourth-order valence-electron chi connectivity index (χ4n) is 2.56. The molecule has 0 fully saturated rings. The molecular weight excluding hydrogens is 198 g/mol. The van der Waals surface area contributed by atoms with Crippen LogP contribution in [0.4, 0.5) is 0 Å². The average Bonchev–Trinajstić information content (AvgIpc) is 2.69. The molecule has 2 atom stereocenters. The monoisotopic (exact) mass is 219 g/mol. The molecule has 2 unspecified atom stereocenters. The zero-order chi connectivity index (χ0) is 11.5. The van der Waals surface area contributed by atoms with Crippen LogP contribution in [0.25, 0.3) is 0 Å². The highest BCUT2D eigenvalue weighted by Crippen LogP contribution is 2.37. The van der Waals surface area contributed by atoms with Gasteiger partial charge in [0.15, 0.2) is 0 Å². The number of ether oxygens (including phenoxy) is 1. The van der Waals surface area contributed by atoms with Crippen molar-refractivity contribution in [3.63, 3.8) is 0 Å². The fourth-order valence-corrected chi connectivity index (χ4v) is 2.56. The smallest absolute Gasteiger partial charge is 0.122 e. The highest BCUT2D eigenvalue weighted by atomic mass is 16.5. The lowest BCUT2D eigenvalue weighted by Crippen LogP contribution is -2.39. The van der Waals surface area contributed by atoms with Crippen molar-refractivity contribution < 1.29 is 4.74 Å². The summed E-state index contributed by atoms with van der Waals surface area (Å²) in [5.74, 6) is 2.19. The molecule has 0 saturated carbocycles. The van der Waals surface area contributed by atoms with Crippen LogP contribution in [0.3, 0.4) is 0 Å². The van der Waals surface area contributed by atoms with Gasteiger partial charge in [0.25, 0.3) is 0 Å². The number of benzene rings is 1. The molecule has 2 nitrogen and oxygen atoms in total. The SMILES string of the molecule is CCNC(C(C)C)C1COc2ccccc21. The predicted molar refractivity (Wildman–Crippen MR) is 67.0 cm³/mol. The first-order valence-corrected chi connectivity index (χ1v) is 6.19. The van der Waals surface area contributed by atoms with E-state index in [1.807, 2.05) is 6.07 Å². The summed E-state index contributed by atoms with van der Waals surface area (Å²) in [6.07, 6.45) is 0. The number of para-hydroxylation sites is 1. The van der Waals surface area contributed by atoms with Crippen LogP contribution in [0.2, 0.25) is 0 Å². The predicted octanol–water partition coefficient (Wildman–Crippen LogP) is 2.80. The van der Waals surface area contributed by atoms with Gasteiger partial charge in [-0.1, -0.05) is 39.0 Å². The van der Waals surface area contributed by atoms with Crippen molar-refractivity contribution in [3.8, 4) is 5.75 Å². The van der Waals surface area contributed by atoms with Gasteiger partial charge < -0.3 is 10.1 Å². The number of fused-ring (bicyclic) bond motifs is 1. The van der Waals surface area contributed by atoms with Crippen molar-refractivity contribution in [2.75, 3.05) is 13.2 Å². The third-order valence-corrected chi connectivity index (χ3v) is 3.33. The van der Waals surface area contributed by atoms with Crippen LogP contribution < -0.4 is 10.1 Å². The van der Waals surface area contributed by atoms with Gasteiger partial charge in [-0.15, -0.1) is 0 Å². The molecule has 1 aliphatic heterocycles. The summed E-state index contributed by atoms with van der Waals surface area (Å²) >= 11 is 0. The average molecular weight is 219 g/mol. The van der Waals surface area contributed by atoms with E-state index >= 15 is 0 Å². The van der Waals surface area contributed by atoms with Crippen LogP contribution in [0, 0.1) is 5.92 Å². The molecule has 1 aliphatic rings. The molecule has 0 aliphatic carbocycles. The number of hydrogen-bond acceptors (Lipinski definition) is 2. The fraction of sp³-hybridized carbons (Fsp3) is 0.571. The normalized spacial score (nSPS) is 20.6. The summed E-state index contributed by atoms with van der Waals surface area (Å²) in [4.78, 5) is 0. The van der Waals surface area contributed by atoms with E-state index < -0.39 is 0 Å². The van der Waals surface area contributed by atoms with E-state index in [1.54, 1.807) is 0 Å². The Morgan fingerprint density at radius 1 is 1.38 bits per heavy atom. The van der Waals surface area contributed by atoms with Crippen molar-refractivity contribution in [2.45, 2.75) is 32.7 Å². The molecule has 0 bridgehead atoms. The summed E-state index contributed by atoms with van der Waals surface area (Å²) in [7, 11) is 0. The summed E-state index contributed by atoms with van der Waals surface area (Å²) in [5, 5.41) is 3.58. The van der Waals surface area contributed by atoms with Gasteiger partial charge in [0.05, 0.1) is 6.61 Å². The minimum absolute atomic E-state index is 0.496. The Balaban J connectivity index is 2.22. The first-order chi connectivity index (χ1) is 7.74. The number of nitrogens with one attached hydrogen (secondary N) is 1. The summed E-state index contributed by atoms with van der Waals surface area (Å²) < 4.78 is 5.75. The van der Waals surface area contributed by atoms with Crippen LogP contribution in [0.15, 0.2) is 24.3 Å². The van der Waals surface area contributed by atoms with E-state index in [1.165, 1.54) is 5.56 Å². The van der Waals surface area contributed by atoms with Crippen molar-refractivity contribution in [2.24, 2.45) is 5.92 Å². The van der Waals surface area contributed by atoms with Gasteiger partial charge in [-0.05, 0) is 18.5 Å². The third-order valence-electron chi connectivity index (χ3n) is 3.33. The minimum atomic E-state index is 0.496. The second kappa shape index (κ2) is 4.88. The van der Waals surface area contributed by atoms with Crippen LogP contribution >= 0.6 is 0 Å². The van der Waals surface area contributed by atoms with Crippen molar-refractivity contribution >= 4 is 0 Å². The van der Waals surface area contributed by atoms with Gasteiger partial charge in [0.1, 0.15) is 5.75 Å². The third kappa shape index (κ3) is 2.07. The van der Waals surface area contributed by atoms with Gasteiger partial charge in [0.2, 0.25) is 0 Å². The maximum atomic E-state index is 5.75. The first-order valence-electron chi connectivity index (χ1n) is 6.19. The second-order valence-electron chi connectivity index (χ2n) is 4.78. The van der Waals surface area contributed by atoms with E-state index in [9.17, 15) is 0 Å². The van der Waals surface area contributed by atoms with Crippen molar-refractivity contribution in [1.82, 2.24) is 5.32 Å². The van der Waals surface area contributed by atoms with E-state index in [4.69, 9.17) is 4.74 Å². The molecule has 1 aromatic rings. The van der Waals surface area contributed by atoms with Gasteiger partial charge in [-0.25, -0.2) is 0 Å². The molecule has 0 spiro atoms. The van der Waals surface area contributed by atoms with Crippen LogP contribution in [-0.2, 0) is 0 Å². The topological polar surface area (TPSA) is 21.3 Å². The standard InChI is InChI=1S/C14H21NO/c1-4-15-14(10(2)3)12-9-16-13-8-6-5-7-11(12)13/h5-8,10,12,14-15H,4,9H2,1-3H3. The molecule has 0 aromatic heterocycles. The Bertz CT molecular complexity index is 348. The Labute approximate surface area is 98.0 Å². The number of rotatable bonds is 4. The molecule has 0 radical (unpaired) electrons. The Morgan fingerprint density at radius 2 is 2.12 bits per heavy atom. The zero-order valence-electron chi connectivity index (χ0n) is 10.4. The lowest BCUT2D eigenvalue weighted by molar-refractivity contribution is 0.270. The molecule has 2 rings (SSSR count). The van der Waals surface area contributed by atoms with Crippen LogP contribution in [-0.4, -0.2) is 19.2 Å². The van der Waals surface area contributed by atoms with Crippen molar-refractivity contribution in [1.29, 1.82) is 0 Å². The molecule has 16 heavy (non-hydrogen) atoms. The van der Waals surface area contributed by atoms with E-state index in [0.717, 1.165) is 18.9 Å². The lowest BCUT2D eigenvalue weighted by atomic mass is 9.86. The lowest BCUT2D eigenvalue weighted by Gasteiger charge is -2.27. The van der Waals surface area contributed by atoms with Gasteiger partial charge in [-0.3, -0.25) is 0 Å². The Hall–Kier alpha value is -1.02. The van der Waals surface area contributed by atoms with E-state index in [-0.39, 0.29) is 0 Å². The number of hydrogen-bond donors (Lipinski definition) is 1. The van der Waals surface area contributed by atoms with Crippen LogP contribution in [0.5, 0.6) is 5.75 Å².